The number of hydrogen-bond donors (Lipinski definition) is 2. The molecule has 2 fully saturated rings. The first-order chi connectivity index (χ1) is 15.6. The molecule has 8 heteroatoms. The van der Waals surface area contributed by atoms with Gasteiger partial charge < -0.3 is 20.4 Å². The van der Waals surface area contributed by atoms with Crippen molar-refractivity contribution in [1.29, 1.82) is 0 Å². The molecule has 0 bridgehead atoms. The van der Waals surface area contributed by atoms with E-state index in [4.69, 9.17) is 4.99 Å². The predicted molar refractivity (Wildman–Crippen MR) is 147 cm³/mol. The molecule has 33 heavy (non-hydrogen) atoms. The molecule has 0 aromatic heterocycles. The number of aliphatic imine (C=N–C) groups is 1. The van der Waals surface area contributed by atoms with E-state index in [2.05, 4.69) is 58.7 Å². The number of carbonyl (C=O) groups is 1. The zero-order valence-corrected chi connectivity index (χ0v) is 22.9. The number of nitrogens with one attached hydrogen (secondary N) is 2. The molecule has 0 saturated carbocycles. The van der Waals surface area contributed by atoms with Gasteiger partial charge in [0.15, 0.2) is 5.96 Å². The van der Waals surface area contributed by atoms with Crippen LogP contribution in [-0.2, 0) is 17.9 Å². The van der Waals surface area contributed by atoms with E-state index in [9.17, 15) is 4.79 Å². The van der Waals surface area contributed by atoms with Crippen molar-refractivity contribution >= 4 is 35.8 Å². The lowest BCUT2D eigenvalue weighted by Crippen LogP contribution is -2.43. The highest BCUT2D eigenvalue weighted by Gasteiger charge is 2.16. The number of likely N-dealkylation sites (tertiary alicyclic amines) is 1. The van der Waals surface area contributed by atoms with Crippen LogP contribution >= 0.6 is 24.0 Å². The van der Waals surface area contributed by atoms with Crippen molar-refractivity contribution in [3.63, 3.8) is 0 Å². The fourth-order valence-electron chi connectivity index (χ4n) is 4.28. The molecule has 2 N–H and O–H groups in total. The van der Waals surface area contributed by atoms with Crippen molar-refractivity contribution in [2.45, 2.75) is 52.1 Å². The first kappa shape index (κ1) is 27.9. The molecule has 7 nitrogen and oxygen atoms in total. The maximum atomic E-state index is 12.1. The van der Waals surface area contributed by atoms with Crippen LogP contribution in [0.4, 0.5) is 0 Å². The summed E-state index contributed by atoms with van der Waals surface area (Å²) < 4.78 is 0. The van der Waals surface area contributed by atoms with Crippen molar-refractivity contribution in [2.75, 3.05) is 59.4 Å². The molecule has 1 aromatic carbocycles. The first-order valence-electron chi connectivity index (χ1n) is 12.4. The summed E-state index contributed by atoms with van der Waals surface area (Å²) >= 11 is 0. The number of rotatable bonds is 9. The number of hydrogen-bond acceptors (Lipinski definition) is 4. The second kappa shape index (κ2) is 15.5. The van der Waals surface area contributed by atoms with Gasteiger partial charge in [-0.25, -0.2) is 4.99 Å². The monoisotopic (exact) mass is 570 g/mol. The number of guanidine groups is 1. The average molecular weight is 571 g/mol. The largest absolute Gasteiger partial charge is 0.357 e. The van der Waals surface area contributed by atoms with Crippen molar-refractivity contribution in [3.8, 4) is 0 Å². The zero-order valence-electron chi connectivity index (χ0n) is 20.5. The summed E-state index contributed by atoms with van der Waals surface area (Å²) in [5.41, 5.74) is 2.59. The molecule has 0 unspecified atom stereocenters. The molecule has 0 spiro atoms. The highest BCUT2D eigenvalue weighted by molar-refractivity contribution is 14.0. The Morgan fingerprint density at radius 1 is 0.970 bits per heavy atom. The van der Waals surface area contributed by atoms with E-state index in [1.165, 1.54) is 17.5 Å². The van der Waals surface area contributed by atoms with E-state index in [1.807, 2.05) is 4.90 Å². The number of halogens is 1. The van der Waals surface area contributed by atoms with Crippen molar-refractivity contribution < 1.29 is 4.79 Å². The molecule has 0 radical (unpaired) electrons. The molecular formula is C25H43IN6O. The fourth-order valence-corrected chi connectivity index (χ4v) is 4.28. The second-order valence-electron chi connectivity index (χ2n) is 9.06. The summed E-state index contributed by atoms with van der Waals surface area (Å²) in [6.07, 6.45) is 5.01. The average Bonchev–Trinajstić information content (AvgIpc) is 3.01. The highest BCUT2D eigenvalue weighted by Crippen LogP contribution is 2.12. The lowest BCUT2D eigenvalue weighted by molar-refractivity contribution is -0.130. The zero-order chi connectivity index (χ0) is 22.6. The Kier molecular flexibility index (Phi) is 13.1. The Hall–Kier alpha value is -1.39. The molecule has 0 aliphatic carbocycles. The van der Waals surface area contributed by atoms with Gasteiger partial charge in [-0.3, -0.25) is 9.69 Å². The van der Waals surface area contributed by atoms with Gasteiger partial charge in [0.25, 0.3) is 0 Å². The molecule has 2 aliphatic rings. The van der Waals surface area contributed by atoms with E-state index in [1.54, 1.807) is 0 Å². The smallest absolute Gasteiger partial charge is 0.222 e. The molecule has 2 heterocycles. The van der Waals surface area contributed by atoms with Gasteiger partial charge >= 0.3 is 0 Å². The van der Waals surface area contributed by atoms with Crippen LogP contribution < -0.4 is 10.6 Å². The van der Waals surface area contributed by atoms with Gasteiger partial charge in [0.05, 0.1) is 6.54 Å². The van der Waals surface area contributed by atoms with Crippen LogP contribution in [0.3, 0.4) is 0 Å². The van der Waals surface area contributed by atoms with E-state index in [0.29, 0.717) is 18.9 Å². The van der Waals surface area contributed by atoms with Crippen LogP contribution in [0.15, 0.2) is 29.3 Å². The Bertz CT molecular complexity index is 718. The summed E-state index contributed by atoms with van der Waals surface area (Å²) in [7, 11) is 2.19. The maximum Gasteiger partial charge on any atom is 0.222 e. The van der Waals surface area contributed by atoms with Gasteiger partial charge in [0.2, 0.25) is 5.91 Å². The Labute approximate surface area is 217 Å². The van der Waals surface area contributed by atoms with Crippen LogP contribution in [0.1, 0.15) is 50.2 Å². The fraction of sp³-hybridized carbons (Fsp3) is 0.680. The SMILES string of the molecule is CCNC(=NCc1ccc(CN2CCN(C)CC2)cc1)NCCCN1CCCCCC1=O.I. The van der Waals surface area contributed by atoms with E-state index >= 15 is 0 Å². The Balaban J connectivity index is 0.00000385. The Morgan fingerprint density at radius 3 is 2.42 bits per heavy atom. The summed E-state index contributed by atoms with van der Waals surface area (Å²) in [6, 6.07) is 8.87. The van der Waals surface area contributed by atoms with Gasteiger partial charge in [-0.15, -0.1) is 24.0 Å². The third-order valence-electron chi connectivity index (χ3n) is 6.36. The normalized spacial score (nSPS) is 18.5. The van der Waals surface area contributed by atoms with E-state index in [-0.39, 0.29) is 24.0 Å². The summed E-state index contributed by atoms with van der Waals surface area (Å²) in [4.78, 5) is 23.8. The van der Waals surface area contributed by atoms with Gasteiger partial charge in [-0.2, -0.15) is 0 Å². The number of likely N-dealkylation sites (N-methyl/N-ethyl adjacent to an activating group) is 1. The van der Waals surface area contributed by atoms with Crippen LogP contribution in [0, 0.1) is 0 Å². The number of benzene rings is 1. The first-order valence-corrected chi connectivity index (χ1v) is 12.4. The molecule has 2 aliphatic heterocycles. The topological polar surface area (TPSA) is 63.2 Å². The third-order valence-corrected chi connectivity index (χ3v) is 6.36. The minimum absolute atomic E-state index is 0. The van der Waals surface area contributed by atoms with Crippen LogP contribution in [0.2, 0.25) is 0 Å². The minimum Gasteiger partial charge on any atom is -0.357 e. The second-order valence-corrected chi connectivity index (χ2v) is 9.06. The quantitative estimate of drug-likeness (QED) is 0.207. The van der Waals surface area contributed by atoms with E-state index in [0.717, 1.165) is 84.1 Å². The predicted octanol–water partition coefficient (Wildman–Crippen LogP) is 2.90. The van der Waals surface area contributed by atoms with Gasteiger partial charge in [0, 0.05) is 65.3 Å². The molecule has 2 saturated heterocycles. The standard InChI is InChI=1S/C25H42N6O.HI/c1-3-26-25(27-13-7-15-31-14-6-4-5-8-24(31)32)28-20-22-9-11-23(12-10-22)21-30-18-16-29(2)17-19-30;/h9-12H,3-8,13-21H2,1-2H3,(H2,26,27,28);1H. The molecular weight excluding hydrogens is 527 g/mol. The van der Waals surface area contributed by atoms with Crippen molar-refractivity contribution in [3.05, 3.63) is 35.4 Å². The number of amides is 1. The van der Waals surface area contributed by atoms with Crippen molar-refractivity contribution in [1.82, 2.24) is 25.3 Å². The molecule has 186 valence electrons. The number of piperazine rings is 1. The number of nitrogens with zero attached hydrogens (tertiary/aromatic N) is 4. The van der Waals surface area contributed by atoms with Crippen LogP contribution in [0.5, 0.6) is 0 Å². The van der Waals surface area contributed by atoms with Crippen LogP contribution in [0.25, 0.3) is 0 Å². The Morgan fingerprint density at radius 2 is 1.70 bits per heavy atom. The maximum absolute atomic E-state index is 12.1. The lowest BCUT2D eigenvalue weighted by Gasteiger charge is -2.32. The molecule has 1 amide bonds. The van der Waals surface area contributed by atoms with Crippen LogP contribution in [-0.4, -0.2) is 86.0 Å². The number of carbonyl (C=O) groups excluding carboxylic acids is 1. The third kappa shape index (κ3) is 10.2. The minimum atomic E-state index is 0. The van der Waals surface area contributed by atoms with Gasteiger partial charge in [-0.1, -0.05) is 30.7 Å². The molecule has 0 atom stereocenters. The molecule has 3 rings (SSSR count). The lowest BCUT2D eigenvalue weighted by atomic mass is 10.1. The van der Waals surface area contributed by atoms with Crippen molar-refractivity contribution in [2.24, 2.45) is 4.99 Å². The summed E-state index contributed by atoms with van der Waals surface area (Å²) in [5, 5.41) is 6.75. The summed E-state index contributed by atoms with van der Waals surface area (Å²) in [6.45, 7) is 11.8. The molecule has 1 aromatic rings. The van der Waals surface area contributed by atoms with E-state index < -0.39 is 0 Å². The summed E-state index contributed by atoms with van der Waals surface area (Å²) in [5.74, 6) is 1.16. The highest BCUT2D eigenvalue weighted by atomic mass is 127. The van der Waals surface area contributed by atoms with Gasteiger partial charge in [-0.05, 0) is 44.4 Å². The van der Waals surface area contributed by atoms with Gasteiger partial charge in [0.1, 0.15) is 0 Å².